The van der Waals surface area contributed by atoms with Crippen LogP contribution in [0.1, 0.15) is 52.9 Å². The lowest BCUT2D eigenvalue weighted by atomic mass is 10.1. The molecule has 1 atom stereocenters. The Labute approximate surface area is 172 Å². The van der Waals surface area contributed by atoms with Crippen LogP contribution in [0, 0.1) is 5.92 Å². The number of hydrogen-bond donors (Lipinski definition) is 2. The van der Waals surface area contributed by atoms with Gasteiger partial charge in [-0.15, -0.1) is 24.0 Å². The van der Waals surface area contributed by atoms with Crippen molar-refractivity contribution in [1.82, 2.24) is 20.4 Å². The van der Waals surface area contributed by atoms with E-state index in [0.29, 0.717) is 12.1 Å². The van der Waals surface area contributed by atoms with Gasteiger partial charge < -0.3 is 15.5 Å². The molecule has 0 radical (unpaired) electrons. The number of rotatable bonds is 7. The second kappa shape index (κ2) is 12.3. The molecule has 0 amide bonds. The Morgan fingerprint density at radius 1 is 1.16 bits per heavy atom. The van der Waals surface area contributed by atoms with Crippen molar-refractivity contribution in [3.8, 4) is 0 Å². The second-order valence-electron chi connectivity index (χ2n) is 7.90. The number of piperidine rings is 1. The van der Waals surface area contributed by atoms with E-state index in [0.717, 1.165) is 18.4 Å². The first-order valence-electron chi connectivity index (χ1n) is 10.1. The fourth-order valence-corrected chi connectivity index (χ4v) is 4.06. The molecule has 0 saturated carbocycles. The Morgan fingerprint density at radius 2 is 1.88 bits per heavy atom. The van der Waals surface area contributed by atoms with Crippen molar-refractivity contribution in [3.63, 3.8) is 0 Å². The third-order valence-corrected chi connectivity index (χ3v) is 5.30. The van der Waals surface area contributed by atoms with E-state index in [2.05, 4.69) is 46.2 Å². The number of nitrogens with one attached hydrogen (secondary N) is 2. The molecule has 2 aliphatic rings. The monoisotopic (exact) mass is 465 g/mol. The Balaban J connectivity index is 0.00000312. The Hall–Kier alpha value is -0.0800. The number of halogens is 1. The van der Waals surface area contributed by atoms with Crippen molar-refractivity contribution >= 4 is 29.9 Å². The maximum absolute atomic E-state index is 4.45. The molecule has 2 fully saturated rings. The molecular formula is C19H40IN5. The first-order valence-corrected chi connectivity index (χ1v) is 10.1. The fraction of sp³-hybridized carbons (Fsp3) is 0.947. The van der Waals surface area contributed by atoms with Gasteiger partial charge in [0.1, 0.15) is 0 Å². The maximum atomic E-state index is 4.45. The highest BCUT2D eigenvalue weighted by atomic mass is 127. The number of hydrogen-bond acceptors (Lipinski definition) is 3. The highest BCUT2D eigenvalue weighted by Crippen LogP contribution is 2.18. The average molecular weight is 465 g/mol. The summed E-state index contributed by atoms with van der Waals surface area (Å²) in [5.74, 6) is 1.73. The van der Waals surface area contributed by atoms with Gasteiger partial charge in [0.05, 0.1) is 0 Å². The molecule has 0 aromatic carbocycles. The van der Waals surface area contributed by atoms with Crippen LogP contribution < -0.4 is 10.6 Å². The van der Waals surface area contributed by atoms with Gasteiger partial charge in [0.25, 0.3) is 0 Å². The zero-order chi connectivity index (χ0) is 17.4. The topological polar surface area (TPSA) is 42.9 Å². The smallest absolute Gasteiger partial charge is 0.191 e. The summed E-state index contributed by atoms with van der Waals surface area (Å²) in [6.45, 7) is 14.1. The number of nitrogens with zero attached hydrogens (tertiary/aromatic N) is 3. The first kappa shape index (κ1) is 23.0. The van der Waals surface area contributed by atoms with Crippen molar-refractivity contribution in [1.29, 1.82) is 0 Å². The molecule has 2 N–H and O–H groups in total. The third-order valence-electron chi connectivity index (χ3n) is 5.30. The number of aliphatic imine (C=N–C) groups is 1. The van der Waals surface area contributed by atoms with E-state index in [4.69, 9.17) is 0 Å². The second-order valence-corrected chi connectivity index (χ2v) is 7.90. The fourth-order valence-electron chi connectivity index (χ4n) is 4.06. The lowest BCUT2D eigenvalue weighted by molar-refractivity contribution is 0.205. The molecule has 0 aromatic heterocycles. The zero-order valence-corrected chi connectivity index (χ0v) is 19.1. The predicted molar refractivity (Wildman–Crippen MR) is 119 cm³/mol. The molecule has 0 aliphatic carbocycles. The van der Waals surface area contributed by atoms with Gasteiger partial charge in [0.2, 0.25) is 0 Å². The van der Waals surface area contributed by atoms with Gasteiger partial charge in [-0.2, -0.15) is 0 Å². The Bertz CT molecular complexity index is 380. The van der Waals surface area contributed by atoms with Crippen LogP contribution in [-0.4, -0.2) is 74.2 Å². The van der Waals surface area contributed by atoms with Crippen molar-refractivity contribution < 1.29 is 0 Å². The Kier molecular flexibility index (Phi) is 11.3. The zero-order valence-electron chi connectivity index (χ0n) is 16.8. The van der Waals surface area contributed by atoms with Crippen LogP contribution in [0.5, 0.6) is 0 Å². The van der Waals surface area contributed by atoms with Gasteiger partial charge in [0.15, 0.2) is 5.96 Å². The maximum Gasteiger partial charge on any atom is 0.191 e. The van der Waals surface area contributed by atoms with E-state index in [1.165, 1.54) is 64.8 Å². The lowest BCUT2D eigenvalue weighted by Gasteiger charge is -2.33. The molecule has 2 saturated heterocycles. The molecule has 0 bridgehead atoms. The van der Waals surface area contributed by atoms with Gasteiger partial charge in [-0.3, -0.25) is 9.89 Å². The minimum atomic E-state index is 0. The molecule has 0 unspecified atom stereocenters. The predicted octanol–water partition coefficient (Wildman–Crippen LogP) is 2.76. The van der Waals surface area contributed by atoms with Crippen molar-refractivity contribution in [2.75, 3.05) is 46.3 Å². The molecule has 25 heavy (non-hydrogen) atoms. The lowest BCUT2D eigenvalue weighted by Crippen LogP contribution is -2.51. The Morgan fingerprint density at radius 3 is 2.48 bits per heavy atom. The van der Waals surface area contributed by atoms with Gasteiger partial charge in [0, 0.05) is 45.3 Å². The van der Waals surface area contributed by atoms with Crippen LogP contribution in [0.25, 0.3) is 0 Å². The summed E-state index contributed by atoms with van der Waals surface area (Å²) in [5, 5.41) is 7.22. The van der Waals surface area contributed by atoms with E-state index in [1.54, 1.807) is 0 Å². The standard InChI is InChI=1S/C19H39N5.HI/c1-5-10-23-12-8-17(9-13-23)22-19(20-4)21-14-18-7-6-11-24(18)15-16(2)3;/h16-18H,5-15H2,1-4H3,(H2,20,21,22);1H/t18-;/m1./s1. The van der Waals surface area contributed by atoms with Gasteiger partial charge in [-0.1, -0.05) is 20.8 Å². The van der Waals surface area contributed by atoms with Gasteiger partial charge >= 0.3 is 0 Å². The van der Waals surface area contributed by atoms with Gasteiger partial charge in [-0.25, -0.2) is 0 Å². The SMILES string of the molecule is CCCN1CCC(NC(=NC)NC[C@H]2CCCN2CC(C)C)CC1.I. The average Bonchev–Trinajstić information content (AvgIpc) is 2.99. The van der Waals surface area contributed by atoms with Crippen LogP contribution in [0.15, 0.2) is 4.99 Å². The van der Waals surface area contributed by atoms with Crippen molar-refractivity contribution in [2.24, 2.45) is 10.9 Å². The highest BCUT2D eigenvalue weighted by Gasteiger charge is 2.25. The van der Waals surface area contributed by atoms with Gasteiger partial charge in [-0.05, 0) is 51.1 Å². The van der Waals surface area contributed by atoms with Crippen LogP contribution in [0.2, 0.25) is 0 Å². The number of guanidine groups is 1. The normalized spacial score (nSPS) is 23.7. The summed E-state index contributed by atoms with van der Waals surface area (Å²) in [7, 11) is 1.89. The molecule has 2 heterocycles. The minimum absolute atomic E-state index is 0. The van der Waals surface area contributed by atoms with E-state index >= 15 is 0 Å². The molecule has 148 valence electrons. The van der Waals surface area contributed by atoms with Crippen LogP contribution >= 0.6 is 24.0 Å². The van der Waals surface area contributed by atoms with Crippen molar-refractivity contribution in [3.05, 3.63) is 0 Å². The summed E-state index contributed by atoms with van der Waals surface area (Å²) < 4.78 is 0. The van der Waals surface area contributed by atoms with Crippen LogP contribution in [0.3, 0.4) is 0 Å². The van der Waals surface area contributed by atoms with E-state index in [-0.39, 0.29) is 24.0 Å². The molecule has 6 heteroatoms. The number of likely N-dealkylation sites (tertiary alicyclic amines) is 2. The summed E-state index contributed by atoms with van der Waals surface area (Å²) in [6, 6.07) is 1.23. The molecular weight excluding hydrogens is 425 g/mol. The molecule has 0 aromatic rings. The molecule has 5 nitrogen and oxygen atoms in total. The van der Waals surface area contributed by atoms with Crippen LogP contribution in [0.4, 0.5) is 0 Å². The third kappa shape index (κ3) is 7.99. The molecule has 2 rings (SSSR count). The van der Waals surface area contributed by atoms with E-state index in [1.807, 2.05) is 7.05 Å². The summed E-state index contributed by atoms with van der Waals surface area (Å²) in [5.41, 5.74) is 0. The van der Waals surface area contributed by atoms with E-state index < -0.39 is 0 Å². The largest absolute Gasteiger partial charge is 0.355 e. The minimum Gasteiger partial charge on any atom is -0.355 e. The van der Waals surface area contributed by atoms with E-state index in [9.17, 15) is 0 Å². The molecule has 0 spiro atoms. The summed E-state index contributed by atoms with van der Waals surface area (Å²) >= 11 is 0. The molecule has 2 aliphatic heterocycles. The summed E-state index contributed by atoms with van der Waals surface area (Å²) in [4.78, 5) is 9.67. The van der Waals surface area contributed by atoms with Crippen LogP contribution in [-0.2, 0) is 0 Å². The van der Waals surface area contributed by atoms with Crippen molar-refractivity contribution in [2.45, 2.75) is 65.0 Å². The first-order chi connectivity index (χ1) is 11.6. The highest BCUT2D eigenvalue weighted by molar-refractivity contribution is 14.0. The quantitative estimate of drug-likeness (QED) is 0.345. The summed E-state index contributed by atoms with van der Waals surface area (Å²) in [6.07, 6.45) is 6.36.